The molecule has 2 N–H and O–H groups in total. The Balaban J connectivity index is 1.83. The molecule has 1 aromatic heterocycles. The van der Waals surface area contributed by atoms with E-state index in [1.165, 1.54) is 0 Å². The van der Waals surface area contributed by atoms with Crippen LogP contribution in [0.3, 0.4) is 0 Å². The molecule has 0 unspecified atom stereocenters. The van der Waals surface area contributed by atoms with Crippen molar-refractivity contribution in [1.82, 2.24) is 10.3 Å². The number of amides is 1. The monoisotopic (exact) mass is 278 g/mol. The highest BCUT2D eigenvalue weighted by molar-refractivity contribution is 5.94. The highest BCUT2D eigenvalue weighted by Crippen LogP contribution is 2.25. The third-order valence-corrected chi connectivity index (χ3v) is 3.31. The maximum atomic E-state index is 12.0. The van der Waals surface area contributed by atoms with E-state index in [4.69, 9.17) is 0 Å². The number of benzene rings is 2. The van der Waals surface area contributed by atoms with Gasteiger partial charge in [0.25, 0.3) is 5.91 Å². The lowest BCUT2D eigenvalue weighted by atomic mass is 10.1. The fourth-order valence-corrected chi connectivity index (χ4v) is 2.24. The number of carbonyl (C=O) groups excluding carboxylic acids is 1. The van der Waals surface area contributed by atoms with Crippen LogP contribution in [0.2, 0.25) is 0 Å². The number of nitrogens with zero attached hydrogens (tertiary/aromatic N) is 1. The summed E-state index contributed by atoms with van der Waals surface area (Å²) in [5.41, 5.74) is 2.09. The molecule has 0 aliphatic carbocycles. The molecule has 0 aliphatic heterocycles. The second kappa shape index (κ2) is 5.63. The van der Waals surface area contributed by atoms with E-state index in [2.05, 4.69) is 10.3 Å². The first-order chi connectivity index (χ1) is 10.3. The van der Waals surface area contributed by atoms with Crippen LogP contribution in [-0.4, -0.2) is 16.0 Å². The van der Waals surface area contributed by atoms with Gasteiger partial charge in [0.05, 0.1) is 0 Å². The Hall–Kier alpha value is -2.88. The normalized spacial score (nSPS) is 10.5. The topological polar surface area (TPSA) is 62.2 Å². The summed E-state index contributed by atoms with van der Waals surface area (Å²) in [6.07, 6.45) is 1.63. The number of hydrogen-bond acceptors (Lipinski definition) is 3. The smallest absolute Gasteiger partial charge is 0.251 e. The molecular formula is C17H14N2O2. The third kappa shape index (κ3) is 2.69. The van der Waals surface area contributed by atoms with E-state index in [1.807, 2.05) is 30.3 Å². The molecule has 21 heavy (non-hydrogen) atoms. The molecule has 0 saturated heterocycles. The van der Waals surface area contributed by atoms with Crippen LogP contribution in [0.5, 0.6) is 5.75 Å². The van der Waals surface area contributed by atoms with Crippen LogP contribution in [0.1, 0.15) is 15.9 Å². The van der Waals surface area contributed by atoms with E-state index in [1.54, 1.807) is 30.5 Å². The number of fused-ring (bicyclic) bond motifs is 1. The molecule has 3 rings (SSSR count). The maximum Gasteiger partial charge on any atom is 0.251 e. The molecule has 0 spiro atoms. The van der Waals surface area contributed by atoms with Crippen molar-refractivity contribution in [3.63, 3.8) is 0 Å². The molecule has 0 atom stereocenters. The van der Waals surface area contributed by atoms with Crippen LogP contribution in [0.25, 0.3) is 10.9 Å². The molecular weight excluding hydrogens is 264 g/mol. The highest BCUT2D eigenvalue weighted by Gasteiger charge is 2.08. The zero-order valence-corrected chi connectivity index (χ0v) is 11.3. The minimum atomic E-state index is -0.124. The lowest BCUT2D eigenvalue weighted by molar-refractivity contribution is 0.0951. The predicted octanol–water partition coefficient (Wildman–Crippen LogP) is 2.87. The van der Waals surface area contributed by atoms with Gasteiger partial charge in [-0.2, -0.15) is 0 Å². The quantitative estimate of drug-likeness (QED) is 0.774. The Morgan fingerprint density at radius 3 is 2.67 bits per heavy atom. The van der Waals surface area contributed by atoms with E-state index >= 15 is 0 Å². The second-order valence-corrected chi connectivity index (χ2v) is 4.69. The van der Waals surface area contributed by atoms with Crippen LogP contribution in [0.4, 0.5) is 0 Å². The predicted molar refractivity (Wildman–Crippen MR) is 81.0 cm³/mol. The van der Waals surface area contributed by atoms with Crippen LogP contribution >= 0.6 is 0 Å². The maximum absolute atomic E-state index is 12.0. The lowest BCUT2D eigenvalue weighted by Crippen LogP contribution is -2.22. The molecule has 4 heteroatoms. The van der Waals surface area contributed by atoms with Gasteiger partial charge in [0.2, 0.25) is 0 Å². The molecule has 1 amide bonds. The second-order valence-electron chi connectivity index (χ2n) is 4.69. The van der Waals surface area contributed by atoms with Gasteiger partial charge in [-0.1, -0.05) is 30.3 Å². The van der Waals surface area contributed by atoms with Crippen LogP contribution in [-0.2, 0) is 6.54 Å². The fraction of sp³-hybridized carbons (Fsp3) is 0.0588. The summed E-state index contributed by atoms with van der Waals surface area (Å²) in [4.78, 5) is 16.2. The van der Waals surface area contributed by atoms with E-state index in [0.29, 0.717) is 17.6 Å². The van der Waals surface area contributed by atoms with Gasteiger partial charge in [-0.3, -0.25) is 9.78 Å². The van der Waals surface area contributed by atoms with Crippen molar-refractivity contribution in [3.05, 3.63) is 71.9 Å². The van der Waals surface area contributed by atoms with Gasteiger partial charge in [0.1, 0.15) is 11.3 Å². The SMILES string of the molecule is O=C(NCc1ccc(O)c2ncccc12)c1ccccc1. The standard InChI is InChI=1S/C17H14N2O2/c20-15-9-8-13(14-7-4-10-18-16(14)15)11-19-17(21)12-5-2-1-3-6-12/h1-10,20H,11H2,(H,19,21). The van der Waals surface area contributed by atoms with Crippen LogP contribution in [0, 0.1) is 0 Å². The summed E-state index contributed by atoms with van der Waals surface area (Å²) in [5.74, 6) is 0.0180. The Labute approximate surface area is 122 Å². The van der Waals surface area contributed by atoms with Gasteiger partial charge in [-0.25, -0.2) is 0 Å². The van der Waals surface area contributed by atoms with Crippen molar-refractivity contribution in [2.45, 2.75) is 6.54 Å². The average Bonchev–Trinajstić information content (AvgIpc) is 2.55. The fourth-order valence-electron chi connectivity index (χ4n) is 2.24. The summed E-state index contributed by atoms with van der Waals surface area (Å²) >= 11 is 0. The molecule has 1 heterocycles. The number of aromatic nitrogens is 1. The molecule has 2 aromatic carbocycles. The van der Waals surface area contributed by atoms with E-state index in [9.17, 15) is 9.90 Å². The van der Waals surface area contributed by atoms with E-state index < -0.39 is 0 Å². The molecule has 0 fully saturated rings. The summed E-state index contributed by atoms with van der Waals surface area (Å²) in [6, 6.07) is 16.2. The Bertz CT molecular complexity index is 785. The number of nitrogens with one attached hydrogen (secondary N) is 1. The lowest BCUT2D eigenvalue weighted by Gasteiger charge is -2.09. The van der Waals surface area contributed by atoms with Crippen molar-refractivity contribution < 1.29 is 9.90 Å². The van der Waals surface area contributed by atoms with E-state index in [-0.39, 0.29) is 11.7 Å². The molecule has 0 aliphatic rings. The molecule has 104 valence electrons. The Morgan fingerprint density at radius 1 is 1.05 bits per heavy atom. The first kappa shape index (κ1) is 13.1. The van der Waals surface area contributed by atoms with Gasteiger partial charge >= 0.3 is 0 Å². The zero-order chi connectivity index (χ0) is 14.7. The summed E-state index contributed by atoms with van der Waals surface area (Å²) in [5, 5.41) is 13.5. The molecule has 4 nitrogen and oxygen atoms in total. The number of rotatable bonds is 3. The van der Waals surface area contributed by atoms with Gasteiger partial charge in [-0.15, -0.1) is 0 Å². The Morgan fingerprint density at radius 2 is 1.86 bits per heavy atom. The molecule has 0 saturated carbocycles. The number of phenolic OH excluding ortho intramolecular Hbond substituents is 1. The third-order valence-electron chi connectivity index (χ3n) is 3.31. The minimum Gasteiger partial charge on any atom is -0.506 e. The summed E-state index contributed by atoms with van der Waals surface area (Å²) < 4.78 is 0. The number of aromatic hydroxyl groups is 1. The first-order valence-electron chi connectivity index (χ1n) is 6.64. The van der Waals surface area contributed by atoms with Crippen molar-refractivity contribution in [2.75, 3.05) is 0 Å². The van der Waals surface area contributed by atoms with Gasteiger partial charge in [-0.05, 0) is 29.8 Å². The van der Waals surface area contributed by atoms with Crippen molar-refractivity contribution >= 4 is 16.8 Å². The largest absolute Gasteiger partial charge is 0.506 e. The van der Waals surface area contributed by atoms with Crippen LogP contribution < -0.4 is 5.32 Å². The van der Waals surface area contributed by atoms with Crippen LogP contribution in [0.15, 0.2) is 60.8 Å². The molecule has 0 bridgehead atoms. The number of hydrogen-bond donors (Lipinski definition) is 2. The Kier molecular flexibility index (Phi) is 3.51. The van der Waals surface area contributed by atoms with Crippen molar-refractivity contribution in [3.8, 4) is 5.75 Å². The van der Waals surface area contributed by atoms with Crippen molar-refractivity contribution in [2.24, 2.45) is 0 Å². The van der Waals surface area contributed by atoms with Crippen molar-refractivity contribution in [1.29, 1.82) is 0 Å². The minimum absolute atomic E-state index is 0.124. The zero-order valence-electron chi connectivity index (χ0n) is 11.3. The number of carbonyl (C=O) groups is 1. The van der Waals surface area contributed by atoms with Gasteiger partial charge in [0.15, 0.2) is 0 Å². The number of phenols is 1. The van der Waals surface area contributed by atoms with Gasteiger partial charge in [0, 0.05) is 23.7 Å². The number of pyridine rings is 1. The summed E-state index contributed by atoms with van der Waals surface area (Å²) in [6.45, 7) is 0.385. The molecule has 0 radical (unpaired) electrons. The highest BCUT2D eigenvalue weighted by atomic mass is 16.3. The molecule has 3 aromatic rings. The van der Waals surface area contributed by atoms with E-state index in [0.717, 1.165) is 10.9 Å². The average molecular weight is 278 g/mol. The summed E-state index contributed by atoms with van der Waals surface area (Å²) in [7, 11) is 0. The first-order valence-corrected chi connectivity index (χ1v) is 6.64. The van der Waals surface area contributed by atoms with Gasteiger partial charge < -0.3 is 10.4 Å².